The molecule has 0 bridgehead atoms. The molecule has 4 rings (SSSR count). The van der Waals surface area contributed by atoms with Crippen molar-refractivity contribution in [1.29, 1.82) is 0 Å². The Labute approximate surface area is 126 Å². The smallest absolute Gasteiger partial charge is 0.249 e. The van der Waals surface area contributed by atoms with Gasteiger partial charge in [-0.15, -0.1) is 0 Å². The maximum absolute atomic E-state index is 13.1. The van der Waals surface area contributed by atoms with Gasteiger partial charge in [-0.05, 0) is 69.1 Å². The van der Waals surface area contributed by atoms with Crippen LogP contribution in [0.4, 0.5) is 0 Å². The monoisotopic (exact) mass is 290 g/mol. The average molecular weight is 290 g/mol. The molecule has 0 aromatic heterocycles. The molecular formula is C17H26N2O2. The van der Waals surface area contributed by atoms with Crippen LogP contribution in [0.1, 0.15) is 58.8 Å². The molecule has 4 aliphatic rings. The molecule has 4 heteroatoms. The number of nitrogens with one attached hydrogen (secondary N) is 1. The van der Waals surface area contributed by atoms with Crippen molar-refractivity contribution in [2.45, 2.75) is 70.4 Å². The van der Waals surface area contributed by atoms with E-state index in [2.05, 4.69) is 5.32 Å². The van der Waals surface area contributed by atoms with Crippen LogP contribution in [0.3, 0.4) is 0 Å². The van der Waals surface area contributed by atoms with Crippen LogP contribution in [0.5, 0.6) is 0 Å². The Balaban J connectivity index is 1.60. The molecule has 4 nitrogen and oxygen atoms in total. The summed E-state index contributed by atoms with van der Waals surface area (Å²) in [4.78, 5) is 27.6. The summed E-state index contributed by atoms with van der Waals surface area (Å²) >= 11 is 0. The fourth-order valence-electron chi connectivity index (χ4n) is 4.39. The first-order valence-corrected chi connectivity index (χ1v) is 8.63. The minimum absolute atomic E-state index is 0.0677. The highest BCUT2D eigenvalue weighted by atomic mass is 16.2. The molecule has 0 aromatic rings. The second-order valence-corrected chi connectivity index (χ2v) is 7.96. The maximum atomic E-state index is 13.1. The van der Waals surface area contributed by atoms with Crippen LogP contribution < -0.4 is 5.32 Å². The zero-order valence-corrected chi connectivity index (χ0v) is 13.2. The van der Waals surface area contributed by atoms with Crippen LogP contribution in [0.2, 0.25) is 0 Å². The lowest BCUT2D eigenvalue weighted by molar-refractivity contribution is -0.156. The molecule has 2 amide bonds. The standard InChI is InChI=1S/C17H26N2O2/c1-3-13-14(20)18-16(2,11-4-5-11)15(21)19(13)10-17(8-9-17)12-6-7-12/h11-13H,3-10H2,1-2H3,(H,18,20). The van der Waals surface area contributed by atoms with Crippen molar-refractivity contribution in [1.82, 2.24) is 10.2 Å². The van der Waals surface area contributed by atoms with Gasteiger partial charge in [0.25, 0.3) is 0 Å². The lowest BCUT2D eigenvalue weighted by Gasteiger charge is -2.46. The molecular weight excluding hydrogens is 264 g/mol. The first kappa shape index (κ1) is 13.6. The van der Waals surface area contributed by atoms with Crippen molar-refractivity contribution in [2.75, 3.05) is 6.54 Å². The highest BCUT2D eigenvalue weighted by Crippen LogP contribution is 2.62. The van der Waals surface area contributed by atoms with E-state index in [0.29, 0.717) is 11.3 Å². The molecule has 3 saturated carbocycles. The number of hydrogen-bond acceptors (Lipinski definition) is 2. The Morgan fingerprint density at radius 1 is 1.14 bits per heavy atom. The van der Waals surface area contributed by atoms with Crippen molar-refractivity contribution in [3.05, 3.63) is 0 Å². The fraction of sp³-hybridized carbons (Fsp3) is 0.882. The van der Waals surface area contributed by atoms with E-state index < -0.39 is 5.54 Å². The molecule has 0 radical (unpaired) electrons. The summed E-state index contributed by atoms with van der Waals surface area (Å²) in [6.45, 7) is 4.78. The lowest BCUT2D eigenvalue weighted by atomic mass is 9.87. The summed E-state index contributed by atoms with van der Waals surface area (Å²) in [5.74, 6) is 1.42. The Morgan fingerprint density at radius 3 is 2.24 bits per heavy atom. The molecule has 116 valence electrons. The minimum atomic E-state index is -0.637. The topological polar surface area (TPSA) is 49.4 Å². The van der Waals surface area contributed by atoms with E-state index in [4.69, 9.17) is 0 Å². The molecule has 0 spiro atoms. The van der Waals surface area contributed by atoms with Crippen molar-refractivity contribution in [3.63, 3.8) is 0 Å². The molecule has 1 heterocycles. The third-order valence-electron chi connectivity index (χ3n) is 6.37. The van der Waals surface area contributed by atoms with Crippen LogP contribution in [0.25, 0.3) is 0 Å². The van der Waals surface area contributed by atoms with Crippen LogP contribution in [0, 0.1) is 17.3 Å². The molecule has 1 saturated heterocycles. The fourth-order valence-corrected chi connectivity index (χ4v) is 4.39. The zero-order valence-electron chi connectivity index (χ0n) is 13.2. The summed E-state index contributed by atoms with van der Waals surface area (Å²) in [6.07, 6.45) is 8.01. The Bertz CT molecular complexity index is 491. The van der Waals surface area contributed by atoms with E-state index >= 15 is 0 Å². The Morgan fingerprint density at radius 2 is 1.76 bits per heavy atom. The number of carbonyl (C=O) groups excluding carboxylic acids is 2. The number of nitrogens with zero attached hydrogens (tertiary/aromatic N) is 1. The van der Waals surface area contributed by atoms with Gasteiger partial charge < -0.3 is 10.2 Å². The van der Waals surface area contributed by atoms with E-state index in [0.717, 1.165) is 31.7 Å². The normalized spacial score (nSPS) is 38.4. The third kappa shape index (κ3) is 2.01. The molecule has 21 heavy (non-hydrogen) atoms. The minimum Gasteiger partial charge on any atom is -0.340 e. The van der Waals surface area contributed by atoms with Crippen LogP contribution in [-0.2, 0) is 9.59 Å². The van der Waals surface area contributed by atoms with Crippen molar-refractivity contribution in [2.24, 2.45) is 17.3 Å². The second-order valence-electron chi connectivity index (χ2n) is 7.96. The number of amides is 2. The molecule has 3 aliphatic carbocycles. The van der Waals surface area contributed by atoms with Gasteiger partial charge in [0.2, 0.25) is 11.8 Å². The SMILES string of the molecule is CCC1C(=O)NC(C)(C2CC2)C(=O)N1CC1(C2CC2)CC1. The van der Waals surface area contributed by atoms with Crippen LogP contribution in [0.15, 0.2) is 0 Å². The average Bonchev–Trinajstić information content (AvgIpc) is 3.26. The number of piperazine rings is 1. The molecule has 1 aliphatic heterocycles. The first-order chi connectivity index (χ1) is 10.00. The van der Waals surface area contributed by atoms with Gasteiger partial charge in [0.1, 0.15) is 11.6 Å². The zero-order chi connectivity index (χ0) is 14.8. The van der Waals surface area contributed by atoms with Crippen molar-refractivity contribution >= 4 is 11.8 Å². The number of hydrogen-bond donors (Lipinski definition) is 1. The van der Waals surface area contributed by atoms with E-state index in [-0.39, 0.29) is 17.9 Å². The van der Waals surface area contributed by atoms with Gasteiger partial charge >= 0.3 is 0 Å². The molecule has 2 atom stereocenters. The van der Waals surface area contributed by atoms with Gasteiger partial charge in [-0.25, -0.2) is 0 Å². The van der Waals surface area contributed by atoms with Gasteiger partial charge in [-0.3, -0.25) is 9.59 Å². The van der Waals surface area contributed by atoms with Crippen molar-refractivity contribution < 1.29 is 9.59 Å². The Kier molecular flexibility index (Phi) is 2.74. The van der Waals surface area contributed by atoms with Crippen LogP contribution in [-0.4, -0.2) is 34.8 Å². The van der Waals surface area contributed by atoms with E-state index in [9.17, 15) is 9.59 Å². The van der Waals surface area contributed by atoms with E-state index in [1.54, 1.807) is 0 Å². The van der Waals surface area contributed by atoms with Gasteiger partial charge in [-0.2, -0.15) is 0 Å². The number of rotatable bonds is 5. The summed E-state index contributed by atoms with van der Waals surface area (Å²) in [7, 11) is 0. The highest BCUT2D eigenvalue weighted by Gasteiger charge is 2.60. The van der Waals surface area contributed by atoms with Crippen molar-refractivity contribution in [3.8, 4) is 0 Å². The maximum Gasteiger partial charge on any atom is 0.249 e. The lowest BCUT2D eigenvalue weighted by Crippen LogP contribution is -2.70. The number of carbonyl (C=O) groups is 2. The van der Waals surface area contributed by atoms with Gasteiger partial charge in [0, 0.05) is 6.54 Å². The predicted molar refractivity (Wildman–Crippen MR) is 79.5 cm³/mol. The highest BCUT2D eigenvalue weighted by molar-refractivity contribution is 6.00. The van der Waals surface area contributed by atoms with Gasteiger partial charge in [-0.1, -0.05) is 6.92 Å². The summed E-state index contributed by atoms with van der Waals surface area (Å²) in [5, 5.41) is 3.06. The van der Waals surface area contributed by atoms with E-state index in [1.807, 2.05) is 18.7 Å². The quantitative estimate of drug-likeness (QED) is 0.843. The third-order valence-corrected chi connectivity index (χ3v) is 6.37. The summed E-state index contributed by atoms with van der Waals surface area (Å²) < 4.78 is 0. The molecule has 1 N–H and O–H groups in total. The summed E-state index contributed by atoms with van der Waals surface area (Å²) in [5.41, 5.74) is -0.270. The molecule has 2 unspecified atom stereocenters. The van der Waals surface area contributed by atoms with Gasteiger partial charge in [0.15, 0.2) is 0 Å². The molecule has 0 aromatic carbocycles. The largest absolute Gasteiger partial charge is 0.340 e. The van der Waals surface area contributed by atoms with Gasteiger partial charge in [0.05, 0.1) is 0 Å². The van der Waals surface area contributed by atoms with Crippen LogP contribution >= 0.6 is 0 Å². The predicted octanol–water partition coefficient (Wildman–Crippen LogP) is 2.08. The first-order valence-electron chi connectivity index (χ1n) is 8.63. The summed E-state index contributed by atoms with van der Waals surface area (Å²) in [6, 6.07) is -0.249. The molecule has 4 fully saturated rings. The Hall–Kier alpha value is -1.06. The second kappa shape index (κ2) is 4.23. The van der Waals surface area contributed by atoms with E-state index in [1.165, 1.54) is 25.7 Å².